The molecule has 0 aliphatic carbocycles. The van der Waals surface area contributed by atoms with Crippen LogP contribution in [0.25, 0.3) is 0 Å². The van der Waals surface area contributed by atoms with Gasteiger partial charge in [0.05, 0.1) is 6.10 Å². The Balaban J connectivity index is 2.49. The lowest BCUT2D eigenvalue weighted by molar-refractivity contribution is -0.203. The van der Waals surface area contributed by atoms with E-state index >= 15 is 0 Å². The zero-order valence-electron chi connectivity index (χ0n) is 5.80. The highest BCUT2D eigenvalue weighted by atomic mass is 16.6. The summed E-state index contributed by atoms with van der Waals surface area (Å²) in [6.45, 7) is 0. The minimum Gasteiger partial charge on any atom is -0.479 e. The van der Waals surface area contributed by atoms with E-state index < -0.39 is 24.5 Å². The first-order chi connectivity index (χ1) is 5.09. The highest BCUT2D eigenvalue weighted by molar-refractivity contribution is 5.72. The van der Waals surface area contributed by atoms with Gasteiger partial charge in [-0.05, 0) is 0 Å². The molecule has 0 amide bonds. The molecule has 0 aromatic heterocycles. The smallest absolute Gasteiger partial charge is 0.333 e. The van der Waals surface area contributed by atoms with Gasteiger partial charge in [-0.2, -0.15) is 0 Å². The molecule has 1 aliphatic rings. The molecular weight excluding hydrogens is 152 g/mol. The van der Waals surface area contributed by atoms with Crippen molar-refractivity contribution in [2.75, 3.05) is 0 Å². The Morgan fingerprint density at radius 1 is 1.36 bits per heavy atom. The van der Waals surface area contributed by atoms with Gasteiger partial charge in [-0.1, -0.05) is 0 Å². The lowest BCUT2D eigenvalue weighted by Crippen LogP contribution is -2.39. The number of carbonyl (C=O) groups is 1. The van der Waals surface area contributed by atoms with Crippen LogP contribution in [-0.2, 0) is 9.53 Å². The van der Waals surface area contributed by atoms with Crippen LogP contribution in [0, 0.1) is 0 Å². The van der Waals surface area contributed by atoms with Gasteiger partial charge in [0.15, 0.2) is 12.4 Å². The monoisotopic (exact) mass is 162 g/mol. The number of aliphatic hydroxyl groups is 2. The van der Waals surface area contributed by atoms with Gasteiger partial charge >= 0.3 is 5.97 Å². The van der Waals surface area contributed by atoms with Gasteiger partial charge in [0, 0.05) is 12.8 Å². The molecule has 0 bridgehead atoms. The Bertz CT molecular complexity index is 147. The minimum atomic E-state index is -1.15. The normalized spacial score (nSPS) is 38.5. The molecule has 5 heteroatoms. The Morgan fingerprint density at radius 3 is 2.45 bits per heavy atom. The highest BCUT2D eigenvalue weighted by Gasteiger charge is 2.31. The predicted octanol–water partition coefficient (Wildman–Crippen LogP) is -1.07. The van der Waals surface area contributed by atoms with Crippen LogP contribution >= 0.6 is 0 Å². The standard InChI is InChI=1S/C6H10O5/c7-3-1-4(6(9)10)11-5(8)2-3/h3-5,7-8H,1-2H2,(H,9,10). The van der Waals surface area contributed by atoms with Crippen LogP contribution in [0.1, 0.15) is 12.8 Å². The van der Waals surface area contributed by atoms with E-state index in [-0.39, 0.29) is 12.8 Å². The molecule has 3 atom stereocenters. The summed E-state index contributed by atoms with van der Waals surface area (Å²) in [7, 11) is 0. The molecule has 11 heavy (non-hydrogen) atoms. The summed E-state index contributed by atoms with van der Waals surface area (Å²) in [4.78, 5) is 10.3. The zero-order chi connectivity index (χ0) is 8.43. The van der Waals surface area contributed by atoms with Gasteiger partial charge in [0.2, 0.25) is 0 Å². The van der Waals surface area contributed by atoms with Crippen molar-refractivity contribution in [2.45, 2.75) is 31.3 Å². The van der Waals surface area contributed by atoms with E-state index in [1.165, 1.54) is 0 Å². The van der Waals surface area contributed by atoms with E-state index in [2.05, 4.69) is 4.74 Å². The SMILES string of the molecule is O=C(O)C1CC(O)CC(O)O1. The van der Waals surface area contributed by atoms with Crippen molar-refractivity contribution < 1.29 is 24.9 Å². The lowest BCUT2D eigenvalue weighted by Gasteiger charge is -2.27. The summed E-state index contributed by atoms with van der Waals surface area (Å²) in [5.41, 5.74) is 0. The van der Waals surface area contributed by atoms with E-state index in [9.17, 15) is 4.79 Å². The zero-order valence-corrected chi connectivity index (χ0v) is 5.80. The summed E-state index contributed by atoms with van der Waals surface area (Å²) in [6.07, 6.45) is -2.87. The van der Waals surface area contributed by atoms with Crippen molar-refractivity contribution in [3.8, 4) is 0 Å². The number of carboxylic acids is 1. The summed E-state index contributed by atoms with van der Waals surface area (Å²) in [6, 6.07) is 0. The van der Waals surface area contributed by atoms with Crippen molar-refractivity contribution in [1.82, 2.24) is 0 Å². The van der Waals surface area contributed by atoms with E-state index in [0.29, 0.717) is 0 Å². The van der Waals surface area contributed by atoms with Crippen molar-refractivity contribution >= 4 is 5.97 Å². The van der Waals surface area contributed by atoms with Gasteiger partial charge in [-0.3, -0.25) is 0 Å². The summed E-state index contributed by atoms with van der Waals surface area (Å²) >= 11 is 0. The van der Waals surface area contributed by atoms with Gasteiger partial charge in [0.1, 0.15) is 0 Å². The van der Waals surface area contributed by atoms with Gasteiger partial charge in [-0.25, -0.2) is 4.79 Å². The number of aliphatic carboxylic acids is 1. The first-order valence-corrected chi connectivity index (χ1v) is 3.34. The van der Waals surface area contributed by atoms with Crippen molar-refractivity contribution in [3.63, 3.8) is 0 Å². The van der Waals surface area contributed by atoms with Crippen LogP contribution in [0.3, 0.4) is 0 Å². The van der Waals surface area contributed by atoms with Crippen LogP contribution in [0.5, 0.6) is 0 Å². The Morgan fingerprint density at radius 2 is 2.00 bits per heavy atom. The molecule has 3 N–H and O–H groups in total. The maximum atomic E-state index is 10.3. The second kappa shape index (κ2) is 3.17. The van der Waals surface area contributed by atoms with Crippen molar-refractivity contribution in [3.05, 3.63) is 0 Å². The third-order valence-corrected chi connectivity index (χ3v) is 1.56. The Labute approximate surface area is 63.2 Å². The number of rotatable bonds is 1. The summed E-state index contributed by atoms with van der Waals surface area (Å²) < 4.78 is 4.61. The van der Waals surface area contributed by atoms with Crippen molar-refractivity contribution in [2.24, 2.45) is 0 Å². The lowest BCUT2D eigenvalue weighted by atomic mass is 10.1. The number of ether oxygens (including phenoxy) is 1. The van der Waals surface area contributed by atoms with Crippen LogP contribution in [0.4, 0.5) is 0 Å². The fourth-order valence-electron chi connectivity index (χ4n) is 1.04. The van der Waals surface area contributed by atoms with E-state index in [0.717, 1.165) is 0 Å². The second-order valence-corrected chi connectivity index (χ2v) is 2.54. The molecule has 5 nitrogen and oxygen atoms in total. The maximum Gasteiger partial charge on any atom is 0.333 e. The fraction of sp³-hybridized carbons (Fsp3) is 0.833. The maximum absolute atomic E-state index is 10.3. The topological polar surface area (TPSA) is 87.0 Å². The molecule has 1 heterocycles. The van der Waals surface area contributed by atoms with Crippen LogP contribution < -0.4 is 0 Å². The largest absolute Gasteiger partial charge is 0.479 e. The highest BCUT2D eigenvalue weighted by Crippen LogP contribution is 2.17. The average molecular weight is 162 g/mol. The molecule has 0 radical (unpaired) electrons. The molecule has 1 fully saturated rings. The molecule has 1 saturated heterocycles. The van der Waals surface area contributed by atoms with Crippen LogP contribution in [-0.4, -0.2) is 39.8 Å². The molecule has 1 aliphatic heterocycles. The van der Waals surface area contributed by atoms with Crippen molar-refractivity contribution in [1.29, 1.82) is 0 Å². The van der Waals surface area contributed by atoms with Gasteiger partial charge in [-0.15, -0.1) is 0 Å². The first kappa shape index (κ1) is 8.45. The number of hydrogen-bond acceptors (Lipinski definition) is 4. The first-order valence-electron chi connectivity index (χ1n) is 3.34. The quantitative estimate of drug-likeness (QED) is 0.457. The van der Waals surface area contributed by atoms with Gasteiger partial charge in [0.25, 0.3) is 0 Å². The number of hydrogen-bond donors (Lipinski definition) is 3. The number of carboxylic acid groups (broad SMARTS) is 1. The molecule has 0 aromatic rings. The molecular formula is C6H10O5. The molecule has 1 rings (SSSR count). The van der Waals surface area contributed by atoms with Crippen LogP contribution in [0.15, 0.2) is 0 Å². The Kier molecular flexibility index (Phi) is 2.43. The molecule has 0 spiro atoms. The summed E-state index contributed by atoms with van der Waals surface area (Å²) in [5, 5.41) is 26.3. The third kappa shape index (κ3) is 2.14. The number of aliphatic hydroxyl groups excluding tert-OH is 2. The van der Waals surface area contributed by atoms with Gasteiger partial charge < -0.3 is 20.1 Å². The fourth-order valence-corrected chi connectivity index (χ4v) is 1.04. The second-order valence-electron chi connectivity index (χ2n) is 2.54. The summed E-state index contributed by atoms with van der Waals surface area (Å²) in [5.74, 6) is -1.15. The minimum absolute atomic E-state index is 0.0480. The van der Waals surface area contributed by atoms with E-state index in [1.807, 2.05) is 0 Å². The van der Waals surface area contributed by atoms with E-state index in [1.54, 1.807) is 0 Å². The third-order valence-electron chi connectivity index (χ3n) is 1.56. The molecule has 0 saturated carbocycles. The average Bonchev–Trinajstić information content (AvgIpc) is 1.85. The van der Waals surface area contributed by atoms with E-state index in [4.69, 9.17) is 15.3 Å². The van der Waals surface area contributed by atoms with Crippen LogP contribution in [0.2, 0.25) is 0 Å². The predicted molar refractivity (Wildman–Crippen MR) is 33.8 cm³/mol. The molecule has 64 valence electrons. The molecule has 0 aromatic carbocycles. The Hall–Kier alpha value is -0.650. The molecule has 3 unspecified atom stereocenters.